The summed E-state index contributed by atoms with van der Waals surface area (Å²) in [5.74, 6) is -0.512. The van der Waals surface area contributed by atoms with Gasteiger partial charge >= 0.3 is 0 Å². The number of rotatable bonds is 5. The highest BCUT2D eigenvalue weighted by molar-refractivity contribution is 5.94. The molecule has 0 spiro atoms. The van der Waals surface area contributed by atoms with Crippen molar-refractivity contribution >= 4 is 5.91 Å². The van der Waals surface area contributed by atoms with Crippen LogP contribution in [0.5, 0.6) is 0 Å². The highest BCUT2D eigenvalue weighted by Gasteiger charge is 2.29. The molecule has 4 nitrogen and oxygen atoms in total. The van der Waals surface area contributed by atoms with Crippen LogP contribution < -0.4 is 5.32 Å². The first-order valence-electron chi connectivity index (χ1n) is 9.08. The zero-order valence-corrected chi connectivity index (χ0v) is 15.4. The second-order valence-corrected chi connectivity index (χ2v) is 6.96. The lowest BCUT2D eigenvalue weighted by Gasteiger charge is -2.41. The van der Waals surface area contributed by atoms with Crippen LogP contribution in [0.4, 0.5) is 4.39 Å². The second kappa shape index (κ2) is 8.43. The third-order valence-corrected chi connectivity index (χ3v) is 5.01. The largest absolute Gasteiger partial charge is 0.348 e. The third-order valence-electron chi connectivity index (χ3n) is 5.01. The van der Waals surface area contributed by atoms with Gasteiger partial charge in [-0.15, -0.1) is 0 Å². The van der Waals surface area contributed by atoms with Crippen LogP contribution in [0.1, 0.15) is 28.9 Å². The molecule has 2 atom stereocenters. The Balaban J connectivity index is 1.77. The molecule has 2 aromatic rings. The lowest BCUT2D eigenvalue weighted by molar-refractivity contribution is 0.0791. The maximum Gasteiger partial charge on any atom is 0.251 e. The standard InChI is InChI=1S/C21H26FN3O/c1-16(23-21(26)18-8-10-19(22)11-9-18)20(17-6-4-3-5-7-17)25-14-12-24(2)13-15-25/h3-11,16,20H,12-15H2,1-2H3,(H,23,26)/t16-,20+/m1/s1. The molecule has 0 saturated carbocycles. The van der Waals surface area contributed by atoms with Gasteiger partial charge in [0.1, 0.15) is 5.82 Å². The van der Waals surface area contributed by atoms with Crippen molar-refractivity contribution in [1.29, 1.82) is 0 Å². The average molecular weight is 355 g/mol. The minimum absolute atomic E-state index is 0.0710. The van der Waals surface area contributed by atoms with Crippen LogP contribution >= 0.6 is 0 Å². The summed E-state index contributed by atoms with van der Waals surface area (Å²) in [5.41, 5.74) is 1.67. The number of likely N-dealkylation sites (N-methyl/N-ethyl adjacent to an activating group) is 1. The molecule has 1 aliphatic heterocycles. The quantitative estimate of drug-likeness (QED) is 0.896. The zero-order valence-electron chi connectivity index (χ0n) is 15.4. The number of halogens is 1. The van der Waals surface area contributed by atoms with Crippen molar-refractivity contribution in [2.75, 3.05) is 33.2 Å². The molecule has 5 heteroatoms. The van der Waals surface area contributed by atoms with E-state index in [1.54, 1.807) is 0 Å². The highest BCUT2D eigenvalue weighted by Crippen LogP contribution is 2.25. The molecular weight excluding hydrogens is 329 g/mol. The van der Waals surface area contributed by atoms with Crippen molar-refractivity contribution in [2.24, 2.45) is 0 Å². The second-order valence-electron chi connectivity index (χ2n) is 6.96. The van der Waals surface area contributed by atoms with Gasteiger partial charge in [0.15, 0.2) is 0 Å². The van der Waals surface area contributed by atoms with Gasteiger partial charge in [-0.2, -0.15) is 0 Å². The Morgan fingerprint density at radius 2 is 1.62 bits per heavy atom. The summed E-state index contributed by atoms with van der Waals surface area (Å²) >= 11 is 0. The summed E-state index contributed by atoms with van der Waals surface area (Å²) in [6.45, 7) is 6.00. The fourth-order valence-corrected chi connectivity index (χ4v) is 3.54. The van der Waals surface area contributed by atoms with Crippen molar-refractivity contribution in [3.63, 3.8) is 0 Å². The van der Waals surface area contributed by atoms with E-state index >= 15 is 0 Å². The Kier molecular flexibility index (Phi) is 6.01. The van der Waals surface area contributed by atoms with E-state index in [1.165, 1.54) is 29.8 Å². The SMILES string of the molecule is C[C@@H](NC(=O)c1ccc(F)cc1)[C@@H](c1ccccc1)N1CCN(C)CC1. The Hall–Kier alpha value is -2.24. The van der Waals surface area contributed by atoms with Crippen LogP contribution in [-0.4, -0.2) is 55.0 Å². The van der Waals surface area contributed by atoms with Crippen LogP contribution in [0.2, 0.25) is 0 Å². The van der Waals surface area contributed by atoms with E-state index in [0.717, 1.165) is 26.2 Å². The Bertz CT molecular complexity index is 712. The van der Waals surface area contributed by atoms with Crippen LogP contribution in [0, 0.1) is 5.82 Å². The number of nitrogens with one attached hydrogen (secondary N) is 1. The lowest BCUT2D eigenvalue weighted by Crippen LogP contribution is -2.51. The van der Waals surface area contributed by atoms with Crippen LogP contribution in [0.15, 0.2) is 54.6 Å². The molecule has 1 saturated heterocycles. The number of hydrogen-bond acceptors (Lipinski definition) is 3. The molecule has 0 radical (unpaired) electrons. The third kappa shape index (κ3) is 4.48. The van der Waals surface area contributed by atoms with Gasteiger partial charge < -0.3 is 10.2 Å². The summed E-state index contributed by atoms with van der Waals surface area (Å²) in [4.78, 5) is 17.3. The fraction of sp³-hybridized carbons (Fsp3) is 0.381. The van der Waals surface area contributed by atoms with Gasteiger partial charge in [-0.3, -0.25) is 9.69 Å². The van der Waals surface area contributed by atoms with E-state index in [-0.39, 0.29) is 23.8 Å². The maximum absolute atomic E-state index is 13.1. The summed E-state index contributed by atoms with van der Waals surface area (Å²) < 4.78 is 13.1. The Morgan fingerprint density at radius 1 is 1.00 bits per heavy atom. The number of carbonyl (C=O) groups excluding carboxylic acids is 1. The number of piperazine rings is 1. The molecular formula is C21H26FN3O. The topological polar surface area (TPSA) is 35.6 Å². The number of hydrogen-bond donors (Lipinski definition) is 1. The van der Waals surface area contributed by atoms with Gasteiger partial charge in [-0.1, -0.05) is 30.3 Å². The normalized spacial score (nSPS) is 18.3. The summed E-state index contributed by atoms with van der Waals surface area (Å²) in [7, 11) is 2.13. The number of amides is 1. The Morgan fingerprint density at radius 3 is 2.23 bits per heavy atom. The monoisotopic (exact) mass is 355 g/mol. The molecule has 1 fully saturated rings. The first-order valence-corrected chi connectivity index (χ1v) is 9.08. The van der Waals surface area contributed by atoms with Gasteiger partial charge in [0, 0.05) is 37.8 Å². The van der Waals surface area contributed by atoms with Crippen LogP contribution in [0.25, 0.3) is 0 Å². The first-order chi connectivity index (χ1) is 12.5. The van der Waals surface area contributed by atoms with Gasteiger partial charge in [0.05, 0.1) is 6.04 Å². The van der Waals surface area contributed by atoms with E-state index in [1.807, 2.05) is 25.1 Å². The van der Waals surface area contributed by atoms with Crippen molar-refractivity contribution < 1.29 is 9.18 Å². The van der Waals surface area contributed by atoms with Crippen molar-refractivity contribution in [3.8, 4) is 0 Å². The molecule has 0 aliphatic carbocycles. The average Bonchev–Trinajstić information content (AvgIpc) is 2.65. The van der Waals surface area contributed by atoms with E-state index in [4.69, 9.17) is 0 Å². The minimum atomic E-state index is -0.339. The fourth-order valence-electron chi connectivity index (χ4n) is 3.54. The number of nitrogens with zero attached hydrogens (tertiary/aromatic N) is 2. The molecule has 0 unspecified atom stereocenters. The Labute approximate surface area is 154 Å². The molecule has 2 aromatic carbocycles. The van der Waals surface area contributed by atoms with Crippen molar-refractivity contribution in [2.45, 2.75) is 19.0 Å². The van der Waals surface area contributed by atoms with Crippen LogP contribution in [-0.2, 0) is 0 Å². The summed E-state index contributed by atoms with van der Waals surface area (Å²) in [5, 5.41) is 3.11. The molecule has 1 aliphatic rings. The van der Waals surface area contributed by atoms with E-state index < -0.39 is 0 Å². The van der Waals surface area contributed by atoms with Crippen molar-refractivity contribution in [3.05, 3.63) is 71.5 Å². The molecule has 0 aromatic heterocycles. The van der Waals surface area contributed by atoms with E-state index in [9.17, 15) is 9.18 Å². The maximum atomic E-state index is 13.1. The number of carbonyl (C=O) groups is 1. The van der Waals surface area contributed by atoms with Gasteiger partial charge in [0.25, 0.3) is 5.91 Å². The molecule has 1 heterocycles. The molecule has 3 rings (SSSR count). The van der Waals surface area contributed by atoms with Crippen molar-refractivity contribution in [1.82, 2.24) is 15.1 Å². The first kappa shape index (κ1) is 18.5. The smallest absolute Gasteiger partial charge is 0.251 e. The van der Waals surface area contributed by atoms with Gasteiger partial charge in [-0.25, -0.2) is 4.39 Å². The summed E-state index contributed by atoms with van der Waals surface area (Å²) in [6.07, 6.45) is 0. The van der Waals surface area contributed by atoms with Gasteiger partial charge in [-0.05, 0) is 43.8 Å². The summed E-state index contributed by atoms with van der Waals surface area (Å²) in [6, 6.07) is 16.0. The molecule has 0 bridgehead atoms. The molecule has 138 valence electrons. The number of benzene rings is 2. The molecule has 26 heavy (non-hydrogen) atoms. The van der Waals surface area contributed by atoms with E-state index in [2.05, 4.69) is 34.3 Å². The predicted molar refractivity (Wildman–Crippen MR) is 102 cm³/mol. The zero-order chi connectivity index (χ0) is 18.5. The van der Waals surface area contributed by atoms with Crippen LogP contribution in [0.3, 0.4) is 0 Å². The molecule has 1 N–H and O–H groups in total. The van der Waals surface area contributed by atoms with Gasteiger partial charge in [0.2, 0.25) is 0 Å². The highest BCUT2D eigenvalue weighted by atomic mass is 19.1. The molecule has 1 amide bonds. The predicted octanol–water partition coefficient (Wildman–Crippen LogP) is 2.93. The van der Waals surface area contributed by atoms with E-state index in [0.29, 0.717) is 5.56 Å². The minimum Gasteiger partial charge on any atom is -0.348 e. The lowest BCUT2D eigenvalue weighted by atomic mass is 9.97.